The number of nitrogens with zero attached hydrogens (tertiary/aromatic N) is 3. The van der Waals surface area contributed by atoms with Crippen LogP contribution in [0.5, 0.6) is 0 Å². The second kappa shape index (κ2) is 9.95. The van der Waals surface area contributed by atoms with Gasteiger partial charge in [0, 0.05) is 54.1 Å². The fraction of sp³-hybridized carbons (Fsp3) is 0.333. The molecule has 0 saturated carbocycles. The average molecular weight is 542 g/mol. The van der Waals surface area contributed by atoms with E-state index < -0.39 is 21.6 Å². The number of anilines is 2. The number of halogens is 2. The highest BCUT2D eigenvalue weighted by Gasteiger charge is 2.25. The Hall–Kier alpha value is -3.57. The van der Waals surface area contributed by atoms with Crippen LogP contribution in [-0.2, 0) is 22.8 Å². The molecule has 38 heavy (non-hydrogen) atoms. The molecule has 11 heteroatoms. The van der Waals surface area contributed by atoms with Crippen molar-refractivity contribution in [3.8, 4) is 22.3 Å². The number of nitrogens with two attached hydrogens (primary N) is 1. The molecule has 0 aliphatic carbocycles. The molecule has 0 unspecified atom stereocenters. The van der Waals surface area contributed by atoms with Crippen molar-refractivity contribution in [3.05, 3.63) is 64.9 Å². The number of carbonyl (C=O) groups is 1. The SMILES string of the molecule is CN(C)Cc1cc(-c2cc(-c3cc4c(cc3F)C(=O)NCC4)c(N)nc2F)ccc1N1CCS(=O)(=O)CC1. The Morgan fingerprint density at radius 3 is 2.47 bits per heavy atom. The fourth-order valence-electron chi connectivity index (χ4n) is 5.05. The second-order valence-electron chi connectivity index (χ2n) is 9.97. The number of nitrogen functional groups attached to an aromatic ring is 1. The quantitative estimate of drug-likeness (QED) is 0.478. The van der Waals surface area contributed by atoms with Crippen LogP contribution < -0.4 is 16.0 Å². The molecular formula is C27H29F2N5O3S. The minimum Gasteiger partial charge on any atom is -0.383 e. The fourth-order valence-corrected chi connectivity index (χ4v) is 6.25. The zero-order valence-corrected chi connectivity index (χ0v) is 22.0. The van der Waals surface area contributed by atoms with Gasteiger partial charge >= 0.3 is 0 Å². The summed E-state index contributed by atoms with van der Waals surface area (Å²) in [6, 6.07) is 9.73. The third kappa shape index (κ3) is 5.08. The highest BCUT2D eigenvalue weighted by molar-refractivity contribution is 7.91. The molecular weight excluding hydrogens is 512 g/mol. The molecule has 3 N–H and O–H groups in total. The van der Waals surface area contributed by atoms with E-state index in [1.807, 2.05) is 36.0 Å². The lowest BCUT2D eigenvalue weighted by Gasteiger charge is -2.31. The van der Waals surface area contributed by atoms with Crippen molar-refractivity contribution in [2.75, 3.05) is 55.9 Å². The lowest BCUT2D eigenvalue weighted by Crippen LogP contribution is -2.40. The summed E-state index contributed by atoms with van der Waals surface area (Å²) in [7, 11) is 0.794. The minimum absolute atomic E-state index is 0.0873. The summed E-state index contributed by atoms with van der Waals surface area (Å²) in [5.41, 5.74) is 9.91. The van der Waals surface area contributed by atoms with E-state index in [0.717, 1.165) is 11.3 Å². The molecule has 2 aliphatic rings. The van der Waals surface area contributed by atoms with Crippen molar-refractivity contribution < 1.29 is 22.0 Å². The summed E-state index contributed by atoms with van der Waals surface area (Å²) in [5.74, 6) is -1.73. The summed E-state index contributed by atoms with van der Waals surface area (Å²) in [6.45, 7) is 1.77. The normalized spacial score (nSPS) is 16.9. The molecule has 8 nitrogen and oxygen atoms in total. The number of sulfone groups is 1. The third-order valence-corrected chi connectivity index (χ3v) is 8.58. The molecule has 1 fully saturated rings. The Bertz CT molecular complexity index is 1530. The van der Waals surface area contributed by atoms with E-state index in [4.69, 9.17) is 5.73 Å². The summed E-state index contributed by atoms with van der Waals surface area (Å²) in [4.78, 5) is 20.0. The monoisotopic (exact) mass is 541 g/mol. The first-order valence-electron chi connectivity index (χ1n) is 12.3. The van der Waals surface area contributed by atoms with E-state index in [-0.39, 0.29) is 45.5 Å². The van der Waals surface area contributed by atoms with E-state index in [9.17, 15) is 13.2 Å². The van der Waals surface area contributed by atoms with E-state index in [0.29, 0.717) is 43.7 Å². The minimum atomic E-state index is -3.04. The molecule has 5 rings (SSSR count). The summed E-state index contributed by atoms with van der Waals surface area (Å²) >= 11 is 0. The van der Waals surface area contributed by atoms with Gasteiger partial charge in [0.15, 0.2) is 9.84 Å². The van der Waals surface area contributed by atoms with Gasteiger partial charge in [-0.15, -0.1) is 0 Å². The van der Waals surface area contributed by atoms with Gasteiger partial charge in [-0.3, -0.25) is 4.79 Å². The number of hydrogen-bond donors (Lipinski definition) is 2. The number of aromatic nitrogens is 1. The molecule has 2 aromatic carbocycles. The lowest BCUT2D eigenvalue weighted by molar-refractivity contribution is 0.0945. The Balaban J connectivity index is 1.57. The Morgan fingerprint density at radius 1 is 1.03 bits per heavy atom. The molecule has 3 heterocycles. The Kier molecular flexibility index (Phi) is 6.83. The first kappa shape index (κ1) is 26.1. The summed E-state index contributed by atoms with van der Waals surface area (Å²) in [6.07, 6.45) is 0.545. The van der Waals surface area contributed by atoms with Gasteiger partial charge in [0.05, 0.1) is 11.5 Å². The number of carbonyl (C=O) groups excluding carboxylic acids is 1. The molecule has 1 saturated heterocycles. The van der Waals surface area contributed by atoms with Gasteiger partial charge in [-0.05, 0) is 67.5 Å². The van der Waals surface area contributed by atoms with Crippen LogP contribution in [0.4, 0.5) is 20.3 Å². The zero-order chi connectivity index (χ0) is 27.2. The Labute approximate surface area is 220 Å². The molecule has 0 atom stereocenters. The maximum Gasteiger partial charge on any atom is 0.251 e. The molecule has 3 aromatic rings. The number of rotatable bonds is 5. The molecule has 0 spiro atoms. The molecule has 1 aromatic heterocycles. The average Bonchev–Trinajstić information content (AvgIpc) is 2.85. The van der Waals surface area contributed by atoms with Gasteiger partial charge in [-0.1, -0.05) is 6.07 Å². The number of pyridine rings is 1. The van der Waals surface area contributed by atoms with Crippen molar-refractivity contribution in [2.45, 2.75) is 13.0 Å². The summed E-state index contributed by atoms with van der Waals surface area (Å²) in [5, 5.41) is 2.70. The predicted molar refractivity (Wildman–Crippen MR) is 144 cm³/mol. The molecule has 1 amide bonds. The van der Waals surface area contributed by atoms with E-state index in [1.54, 1.807) is 12.1 Å². The number of hydrogen-bond acceptors (Lipinski definition) is 7. The molecule has 0 radical (unpaired) electrons. The van der Waals surface area contributed by atoms with E-state index in [2.05, 4.69) is 10.3 Å². The van der Waals surface area contributed by atoms with Crippen molar-refractivity contribution in [2.24, 2.45) is 0 Å². The van der Waals surface area contributed by atoms with Crippen molar-refractivity contribution in [3.63, 3.8) is 0 Å². The van der Waals surface area contributed by atoms with Crippen LogP contribution >= 0.6 is 0 Å². The summed E-state index contributed by atoms with van der Waals surface area (Å²) < 4.78 is 54.2. The number of fused-ring (bicyclic) bond motifs is 1. The standard InChI is InChI=1S/C27H29F2N5O3S/c1-33(2)15-18-11-16(3-4-24(18)34-7-9-38(36,37)10-8-34)19-13-22(26(30)32-25(19)29)21-12-17-5-6-31-27(35)20(17)14-23(21)28/h3-4,11-14H,5-10,15H2,1-2H3,(H2,30,32)(H,31,35). The molecule has 2 aliphatic heterocycles. The van der Waals surface area contributed by atoms with Gasteiger partial charge in [-0.2, -0.15) is 4.39 Å². The zero-order valence-electron chi connectivity index (χ0n) is 21.2. The molecule has 0 bridgehead atoms. The topological polar surface area (TPSA) is 109 Å². The second-order valence-corrected chi connectivity index (χ2v) is 12.3. The largest absolute Gasteiger partial charge is 0.383 e. The van der Waals surface area contributed by atoms with Crippen molar-refractivity contribution >= 4 is 27.2 Å². The van der Waals surface area contributed by atoms with Crippen molar-refractivity contribution in [1.29, 1.82) is 0 Å². The molecule has 200 valence electrons. The first-order chi connectivity index (χ1) is 18.0. The maximum atomic E-state index is 15.2. The van der Waals surface area contributed by atoms with E-state index >= 15 is 8.78 Å². The van der Waals surface area contributed by atoms with Crippen LogP contribution in [0.2, 0.25) is 0 Å². The van der Waals surface area contributed by atoms with Gasteiger partial charge < -0.3 is 20.9 Å². The van der Waals surface area contributed by atoms with Crippen LogP contribution in [0.15, 0.2) is 36.4 Å². The van der Waals surface area contributed by atoms with Crippen LogP contribution in [-0.4, -0.2) is 69.4 Å². The van der Waals surface area contributed by atoms with Crippen LogP contribution in [0, 0.1) is 11.8 Å². The van der Waals surface area contributed by atoms with Gasteiger partial charge in [0.25, 0.3) is 5.91 Å². The Morgan fingerprint density at radius 2 is 1.76 bits per heavy atom. The maximum absolute atomic E-state index is 15.2. The van der Waals surface area contributed by atoms with Gasteiger partial charge in [0.2, 0.25) is 5.95 Å². The van der Waals surface area contributed by atoms with Gasteiger partial charge in [-0.25, -0.2) is 17.8 Å². The first-order valence-corrected chi connectivity index (χ1v) is 14.1. The van der Waals surface area contributed by atoms with Crippen LogP contribution in [0.3, 0.4) is 0 Å². The lowest BCUT2D eigenvalue weighted by atomic mass is 9.93. The van der Waals surface area contributed by atoms with Crippen molar-refractivity contribution in [1.82, 2.24) is 15.2 Å². The van der Waals surface area contributed by atoms with Crippen LogP contribution in [0.25, 0.3) is 22.3 Å². The highest BCUT2D eigenvalue weighted by atomic mass is 32.2. The third-order valence-electron chi connectivity index (χ3n) is 6.98. The van der Waals surface area contributed by atoms with Crippen LogP contribution in [0.1, 0.15) is 21.5 Å². The van der Waals surface area contributed by atoms with E-state index in [1.165, 1.54) is 12.1 Å². The smallest absolute Gasteiger partial charge is 0.251 e. The number of benzene rings is 2. The highest BCUT2D eigenvalue weighted by Crippen LogP contribution is 2.36. The number of amides is 1. The predicted octanol–water partition coefficient (Wildman–Crippen LogP) is 2.86. The number of nitrogens with one attached hydrogen (secondary N) is 1. The van der Waals surface area contributed by atoms with Gasteiger partial charge in [0.1, 0.15) is 11.6 Å².